The van der Waals surface area contributed by atoms with Gasteiger partial charge in [-0.15, -0.1) is 0 Å². The van der Waals surface area contributed by atoms with Gasteiger partial charge < -0.3 is 10.1 Å². The van der Waals surface area contributed by atoms with E-state index < -0.39 is 10.0 Å². The Labute approximate surface area is 94.9 Å². The van der Waals surface area contributed by atoms with Crippen molar-refractivity contribution in [3.63, 3.8) is 0 Å². The first-order chi connectivity index (χ1) is 7.63. The second kappa shape index (κ2) is 4.40. The summed E-state index contributed by atoms with van der Waals surface area (Å²) in [5, 5.41) is 3.14. The molecule has 1 aromatic rings. The topological polar surface area (TPSA) is 67.4 Å². The zero-order chi connectivity index (χ0) is 11.6. The van der Waals surface area contributed by atoms with Crippen LogP contribution in [0.5, 0.6) is 0 Å². The predicted molar refractivity (Wildman–Crippen MR) is 60.9 cm³/mol. The summed E-state index contributed by atoms with van der Waals surface area (Å²) in [6, 6.07) is 7.03. The molecule has 0 atom stereocenters. The van der Waals surface area contributed by atoms with Gasteiger partial charge in [0.05, 0.1) is 24.9 Å². The summed E-state index contributed by atoms with van der Waals surface area (Å²) in [5.74, 6) is 0. The number of hydrogen-bond donors (Lipinski definition) is 2. The van der Waals surface area contributed by atoms with Crippen molar-refractivity contribution >= 4 is 15.7 Å². The highest BCUT2D eigenvalue weighted by Gasteiger charge is 2.22. The van der Waals surface area contributed by atoms with E-state index in [-0.39, 0.29) is 10.9 Å². The maximum Gasteiger partial charge on any atom is 0.242 e. The molecule has 0 radical (unpaired) electrons. The molecule has 1 aliphatic rings. The Morgan fingerprint density at radius 1 is 1.31 bits per heavy atom. The van der Waals surface area contributed by atoms with Crippen LogP contribution in [0.3, 0.4) is 0 Å². The van der Waals surface area contributed by atoms with Crippen LogP contribution in [0, 0.1) is 0 Å². The fourth-order valence-corrected chi connectivity index (χ4v) is 2.36. The quantitative estimate of drug-likeness (QED) is 0.802. The van der Waals surface area contributed by atoms with Crippen LogP contribution in [0.4, 0.5) is 5.69 Å². The molecule has 1 aliphatic heterocycles. The molecule has 0 aliphatic carbocycles. The highest BCUT2D eigenvalue weighted by molar-refractivity contribution is 7.89. The Balaban J connectivity index is 2.29. The molecular weight excluding hydrogens is 228 g/mol. The van der Waals surface area contributed by atoms with E-state index in [0.717, 1.165) is 0 Å². The van der Waals surface area contributed by atoms with Gasteiger partial charge in [-0.2, -0.15) is 0 Å². The second-order valence-electron chi connectivity index (χ2n) is 3.58. The molecule has 2 rings (SSSR count). The minimum Gasteiger partial charge on any atom is -0.377 e. The first kappa shape index (κ1) is 11.4. The number of sulfonamides is 1. The molecule has 1 saturated heterocycles. The molecule has 0 saturated carbocycles. The van der Waals surface area contributed by atoms with E-state index in [0.29, 0.717) is 18.9 Å². The summed E-state index contributed by atoms with van der Waals surface area (Å²) >= 11 is 0. The number of nitrogens with one attached hydrogen (secondary N) is 2. The summed E-state index contributed by atoms with van der Waals surface area (Å²) in [5.41, 5.74) is 0.616. The van der Waals surface area contributed by atoms with Crippen LogP contribution in [0.1, 0.15) is 0 Å². The number of benzene rings is 1. The third-order valence-corrected chi connectivity index (χ3v) is 3.92. The molecule has 88 valence electrons. The third kappa shape index (κ3) is 2.18. The van der Waals surface area contributed by atoms with Gasteiger partial charge in [0.15, 0.2) is 0 Å². The minimum atomic E-state index is -3.41. The van der Waals surface area contributed by atoms with Gasteiger partial charge in [-0.25, -0.2) is 13.1 Å². The van der Waals surface area contributed by atoms with Gasteiger partial charge >= 0.3 is 0 Å². The van der Waals surface area contributed by atoms with E-state index in [1.54, 1.807) is 24.3 Å². The zero-order valence-corrected chi connectivity index (χ0v) is 9.75. The van der Waals surface area contributed by atoms with Gasteiger partial charge in [0.2, 0.25) is 10.0 Å². The average Bonchev–Trinajstić information content (AvgIpc) is 2.24. The van der Waals surface area contributed by atoms with Crippen LogP contribution < -0.4 is 10.0 Å². The van der Waals surface area contributed by atoms with Crippen molar-refractivity contribution < 1.29 is 13.2 Å². The number of para-hydroxylation sites is 1. The molecule has 0 bridgehead atoms. The zero-order valence-electron chi connectivity index (χ0n) is 8.93. The van der Waals surface area contributed by atoms with Crippen molar-refractivity contribution in [1.29, 1.82) is 0 Å². The lowest BCUT2D eigenvalue weighted by molar-refractivity contribution is 0.0210. The molecule has 0 unspecified atom stereocenters. The van der Waals surface area contributed by atoms with Crippen molar-refractivity contribution in [2.75, 3.05) is 25.6 Å². The lowest BCUT2D eigenvalue weighted by Gasteiger charge is -2.28. The van der Waals surface area contributed by atoms with Crippen molar-refractivity contribution in [1.82, 2.24) is 4.72 Å². The van der Waals surface area contributed by atoms with E-state index in [2.05, 4.69) is 10.0 Å². The lowest BCUT2D eigenvalue weighted by atomic mass is 10.2. The van der Waals surface area contributed by atoms with Crippen LogP contribution in [0.25, 0.3) is 0 Å². The minimum absolute atomic E-state index is 0.202. The second-order valence-corrected chi connectivity index (χ2v) is 5.44. The van der Waals surface area contributed by atoms with Crippen LogP contribution in [0.2, 0.25) is 0 Å². The number of ether oxygens (including phenoxy) is 1. The van der Waals surface area contributed by atoms with Crippen LogP contribution in [0.15, 0.2) is 29.2 Å². The van der Waals surface area contributed by atoms with E-state index in [4.69, 9.17) is 4.74 Å². The highest BCUT2D eigenvalue weighted by atomic mass is 32.2. The molecule has 0 spiro atoms. The molecular formula is C10H14N2O3S. The number of hydrogen-bond acceptors (Lipinski definition) is 4. The largest absolute Gasteiger partial charge is 0.377 e. The Hall–Kier alpha value is -1.11. The lowest BCUT2D eigenvalue weighted by Crippen LogP contribution is -2.40. The standard InChI is InChI=1S/C10H14N2O3S/c1-11-16(13,14)10-5-3-2-4-9(10)12-8-6-15-7-8/h2-5,8,11-12H,6-7H2,1H3. The maximum absolute atomic E-state index is 11.7. The number of rotatable bonds is 4. The summed E-state index contributed by atoms with van der Waals surface area (Å²) < 4.78 is 30.8. The molecule has 2 N–H and O–H groups in total. The van der Waals surface area contributed by atoms with E-state index >= 15 is 0 Å². The predicted octanol–water partition coefficient (Wildman–Crippen LogP) is 0.405. The molecule has 1 heterocycles. The molecule has 6 heteroatoms. The normalized spacial score (nSPS) is 16.8. The van der Waals surface area contributed by atoms with Crippen molar-refractivity contribution in [3.8, 4) is 0 Å². The molecule has 0 amide bonds. The first-order valence-corrected chi connectivity index (χ1v) is 6.48. The van der Waals surface area contributed by atoms with Crippen LogP contribution in [-0.2, 0) is 14.8 Å². The van der Waals surface area contributed by atoms with Crippen LogP contribution >= 0.6 is 0 Å². The van der Waals surface area contributed by atoms with Crippen molar-refractivity contribution in [3.05, 3.63) is 24.3 Å². The maximum atomic E-state index is 11.7. The van der Waals surface area contributed by atoms with Gasteiger partial charge in [-0.3, -0.25) is 0 Å². The monoisotopic (exact) mass is 242 g/mol. The van der Waals surface area contributed by atoms with Gasteiger partial charge in [-0.1, -0.05) is 12.1 Å². The van der Waals surface area contributed by atoms with Gasteiger partial charge in [0.1, 0.15) is 4.90 Å². The van der Waals surface area contributed by atoms with Crippen LogP contribution in [-0.4, -0.2) is 34.7 Å². The molecule has 1 fully saturated rings. The Morgan fingerprint density at radius 2 is 2.00 bits per heavy atom. The van der Waals surface area contributed by atoms with Gasteiger partial charge in [0.25, 0.3) is 0 Å². The molecule has 0 aromatic heterocycles. The van der Waals surface area contributed by atoms with E-state index in [9.17, 15) is 8.42 Å². The van der Waals surface area contributed by atoms with Gasteiger partial charge in [-0.05, 0) is 19.2 Å². The van der Waals surface area contributed by atoms with Crippen molar-refractivity contribution in [2.24, 2.45) is 0 Å². The Kier molecular flexibility index (Phi) is 3.13. The highest BCUT2D eigenvalue weighted by Crippen LogP contribution is 2.22. The van der Waals surface area contributed by atoms with Crippen molar-refractivity contribution in [2.45, 2.75) is 10.9 Å². The average molecular weight is 242 g/mol. The first-order valence-electron chi connectivity index (χ1n) is 5.00. The van der Waals surface area contributed by atoms with E-state index in [1.807, 2.05) is 0 Å². The summed E-state index contributed by atoms with van der Waals surface area (Å²) in [6.45, 7) is 1.24. The summed E-state index contributed by atoms with van der Waals surface area (Å²) in [7, 11) is -2.01. The third-order valence-electron chi connectivity index (χ3n) is 2.44. The fourth-order valence-electron chi connectivity index (χ4n) is 1.47. The molecule has 5 nitrogen and oxygen atoms in total. The summed E-state index contributed by atoms with van der Waals surface area (Å²) in [6.07, 6.45) is 0. The molecule has 1 aromatic carbocycles. The molecule has 16 heavy (non-hydrogen) atoms. The van der Waals surface area contributed by atoms with Gasteiger partial charge in [0, 0.05) is 0 Å². The fraction of sp³-hybridized carbons (Fsp3) is 0.400. The number of anilines is 1. The van der Waals surface area contributed by atoms with E-state index in [1.165, 1.54) is 7.05 Å². The smallest absolute Gasteiger partial charge is 0.242 e. The Bertz CT molecular complexity index is 469. The Morgan fingerprint density at radius 3 is 2.56 bits per heavy atom. The SMILES string of the molecule is CNS(=O)(=O)c1ccccc1NC1COC1. The summed E-state index contributed by atoms with van der Waals surface area (Å²) in [4.78, 5) is 0.268.